The number of fused-ring (bicyclic) bond motifs is 1. The minimum Gasteiger partial charge on any atom is -0.345 e. The van der Waals surface area contributed by atoms with Crippen molar-refractivity contribution in [3.63, 3.8) is 0 Å². The predicted molar refractivity (Wildman–Crippen MR) is 141 cm³/mol. The number of nitrogens with zero attached hydrogens (tertiary/aromatic N) is 3. The van der Waals surface area contributed by atoms with E-state index in [1.807, 2.05) is 37.6 Å². The maximum absolute atomic E-state index is 12.9. The Morgan fingerprint density at radius 2 is 1.88 bits per heavy atom. The minimum atomic E-state index is -0.529. The van der Waals surface area contributed by atoms with Crippen molar-refractivity contribution in [3.05, 3.63) is 29.5 Å². The van der Waals surface area contributed by atoms with E-state index in [1.54, 1.807) is 6.20 Å². The standard InChI is InChI=1S/C20H27N5O2.C3H9N.C2H6.CH4/c1-14-8-15(9-16-11-22-23-18(14)16)10-17(21)19(27)25-7-4-20(12-25)2-5-24(13-26)6-3-20;1-3-4-2;1-2;/h8-9,11,13,17H,2-7,10,12,21H2,1H3,(H,22,23);4H,3H2,1-2H3;1-2H3;1H4. The average Bonchev–Trinajstić information content (AvgIpc) is 3.48. The van der Waals surface area contributed by atoms with Gasteiger partial charge >= 0.3 is 0 Å². The number of carbonyl (C=O) groups is 2. The van der Waals surface area contributed by atoms with E-state index in [9.17, 15) is 9.59 Å². The lowest BCUT2D eigenvalue weighted by Gasteiger charge is -2.37. The Labute approximate surface area is 205 Å². The van der Waals surface area contributed by atoms with Gasteiger partial charge in [-0.25, -0.2) is 0 Å². The summed E-state index contributed by atoms with van der Waals surface area (Å²) < 4.78 is 0. The van der Waals surface area contributed by atoms with Crippen molar-refractivity contribution in [1.82, 2.24) is 25.3 Å². The van der Waals surface area contributed by atoms with Gasteiger partial charge in [0.1, 0.15) is 0 Å². The second-order valence-corrected chi connectivity index (χ2v) is 8.92. The number of piperidine rings is 1. The Morgan fingerprint density at radius 1 is 1.26 bits per heavy atom. The molecule has 0 radical (unpaired) electrons. The van der Waals surface area contributed by atoms with Crippen LogP contribution in [0.15, 0.2) is 18.3 Å². The zero-order valence-corrected chi connectivity index (χ0v) is 21.0. The van der Waals surface area contributed by atoms with Gasteiger partial charge in [-0.05, 0) is 68.8 Å². The third-order valence-corrected chi connectivity index (χ3v) is 6.69. The smallest absolute Gasteiger partial charge is 0.239 e. The third kappa shape index (κ3) is 7.27. The molecule has 0 saturated carbocycles. The van der Waals surface area contributed by atoms with E-state index in [-0.39, 0.29) is 18.7 Å². The Balaban J connectivity index is 0.000000751. The second-order valence-electron chi connectivity index (χ2n) is 8.92. The second kappa shape index (κ2) is 14.1. The van der Waals surface area contributed by atoms with Crippen LogP contribution in [0.3, 0.4) is 0 Å². The van der Waals surface area contributed by atoms with Crippen LogP contribution in [0.4, 0.5) is 0 Å². The highest BCUT2D eigenvalue weighted by Crippen LogP contribution is 2.40. The van der Waals surface area contributed by atoms with Crippen LogP contribution in [0.2, 0.25) is 0 Å². The fraction of sp³-hybridized carbons (Fsp3) is 0.654. The number of aryl methyl sites for hydroxylation is 1. The third-order valence-electron chi connectivity index (χ3n) is 6.69. The first-order valence-corrected chi connectivity index (χ1v) is 12.2. The number of aromatic nitrogens is 2. The van der Waals surface area contributed by atoms with Crippen LogP contribution in [-0.4, -0.2) is 78.1 Å². The number of nitrogens with one attached hydrogen (secondary N) is 2. The van der Waals surface area contributed by atoms with E-state index >= 15 is 0 Å². The molecule has 2 saturated heterocycles. The molecule has 2 aliphatic heterocycles. The topological polar surface area (TPSA) is 107 Å². The summed E-state index contributed by atoms with van der Waals surface area (Å²) in [5, 5.41) is 11.1. The highest BCUT2D eigenvalue weighted by molar-refractivity contribution is 5.84. The van der Waals surface area contributed by atoms with Crippen LogP contribution in [0.1, 0.15) is 58.6 Å². The number of nitrogens with two attached hydrogens (primary N) is 1. The van der Waals surface area contributed by atoms with Crippen molar-refractivity contribution < 1.29 is 9.59 Å². The van der Waals surface area contributed by atoms with Crippen LogP contribution in [0.25, 0.3) is 10.9 Å². The highest BCUT2D eigenvalue weighted by Gasteiger charge is 2.42. The van der Waals surface area contributed by atoms with Crippen molar-refractivity contribution in [3.8, 4) is 0 Å². The van der Waals surface area contributed by atoms with E-state index in [2.05, 4.69) is 34.6 Å². The monoisotopic (exact) mass is 474 g/mol. The number of benzene rings is 1. The summed E-state index contributed by atoms with van der Waals surface area (Å²) in [4.78, 5) is 27.6. The first-order chi connectivity index (χ1) is 15.9. The molecule has 1 unspecified atom stereocenters. The molecule has 0 bridgehead atoms. The summed E-state index contributed by atoms with van der Waals surface area (Å²) in [5.74, 6) is 0.0367. The van der Waals surface area contributed by atoms with E-state index < -0.39 is 6.04 Å². The van der Waals surface area contributed by atoms with Gasteiger partial charge < -0.3 is 20.9 Å². The Kier molecular flexibility index (Phi) is 12.2. The fourth-order valence-corrected chi connectivity index (χ4v) is 4.64. The summed E-state index contributed by atoms with van der Waals surface area (Å²) in [6.07, 6.45) is 6.22. The summed E-state index contributed by atoms with van der Waals surface area (Å²) in [7, 11) is 1.93. The van der Waals surface area contributed by atoms with Gasteiger partial charge in [0.15, 0.2) is 0 Å². The zero-order chi connectivity index (χ0) is 24.4. The molecule has 8 nitrogen and oxygen atoms in total. The van der Waals surface area contributed by atoms with Crippen molar-refractivity contribution >= 4 is 23.2 Å². The van der Waals surface area contributed by atoms with Crippen LogP contribution >= 0.6 is 0 Å². The maximum Gasteiger partial charge on any atom is 0.239 e. The molecule has 2 amide bonds. The molecule has 1 aromatic heterocycles. The lowest BCUT2D eigenvalue weighted by molar-refractivity contribution is -0.132. The molecule has 4 rings (SSSR count). The van der Waals surface area contributed by atoms with Crippen LogP contribution in [-0.2, 0) is 16.0 Å². The number of hydrogen-bond donors (Lipinski definition) is 3. The van der Waals surface area contributed by atoms with Crippen molar-refractivity contribution in [2.24, 2.45) is 11.1 Å². The fourth-order valence-electron chi connectivity index (χ4n) is 4.64. The molecule has 2 aliphatic rings. The van der Waals surface area contributed by atoms with Gasteiger partial charge in [-0.15, -0.1) is 0 Å². The summed E-state index contributed by atoms with van der Waals surface area (Å²) >= 11 is 0. The number of hydrogen-bond acceptors (Lipinski definition) is 5. The maximum atomic E-state index is 12.9. The molecule has 1 atom stereocenters. The molecule has 0 aliphatic carbocycles. The molecule has 34 heavy (non-hydrogen) atoms. The van der Waals surface area contributed by atoms with Gasteiger partial charge in [0.05, 0.1) is 17.8 Å². The Hall–Kier alpha value is -2.45. The van der Waals surface area contributed by atoms with Crippen LogP contribution in [0, 0.1) is 12.3 Å². The van der Waals surface area contributed by atoms with Gasteiger partial charge in [-0.3, -0.25) is 14.7 Å². The van der Waals surface area contributed by atoms with E-state index in [0.717, 1.165) is 80.4 Å². The Morgan fingerprint density at radius 3 is 2.47 bits per heavy atom. The Bertz CT molecular complexity index is 887. The minimum absolute atomic E-state index is 0. The average molecular weight is 475 g/mol. The summed E-state index contributed by atoms with van der Waals surface area (Å²) in [6.45, 7) is 12.3. The molecule has 192 valence electrons. The van der Waals surface area contributed by atoms with E-state index in [4.69, 9.17) is 5.73 Å². The van der Waals surface area contributed by atoms with E-state index in [1.165, 1.54) is 0 Å². The number of aromatic amines is 1. The number of likely N-dealkylation sites (tertiary alicyclic amines) is 2. The first kappa shape index (κ1) is 29.6. The highest BCUT2D eigenvalue weighted by atomic mass is 16.2. The van der Waals surface area contributed by atoms with Crippen LogP contribution in [0.5, 0.6) is 0 Å². The van der Waals surface area contributed by atoms with Gasteiger partial charge in [-0.2, -0.15) is 5.10 Å². The molecule has 2 fully saturated rings. The quantitative estimate of drug-likeness (QED) is 0.577. The number of amides is 2. The lowest BCUT2D eigenvalue weighted by Crippen LogP contribution is -2.46. The molecular weight excluding hydrogens is 428 g/mol. The number of rotatable bonds is 5. The van der Waals surface area contributed by atoms with Crippen molar-refractivity contribution in [2.45, 2.75) is 66.8 Å². The number of H-pyrrole nitrogens is 1. The first-order valence-electron chi connectivity index (χ1n) is 12.2. The van der Waals surface area contributed by atoms with Gasteiger partial charge in [0.25, 0.3) is 0 Å². The van der Waals surface area contributed by atoms with Gasteiger partial charge in [0, 0.05) is 31.6 Å². The molecule has 2 aromatic rings. The predicted octanol–water partition coefficient (Wildman–Crippen LogP) is 3.10. The summed E-state index contributed by atoms with van der Waals surface area (Å²) in [5.41, 5.74) is 9.67. The molecule has 1 spiro atoms. The van der Waals surface area contributed by atoms with Crippen LogP contribution < -0.4 is 11.1 Å². The van der Waals surface area contributed by atoms with Crippen molar-refractivity contribution in [1.29, 1.82) is 0 Å². The molecule has 8 heteroatoms. The normalized spacial score (nSPS) is 17.2. The molecule has 1 aromatic carbocycles. The van der Waals surface area contributed by atoms with E-state index in [0.29, 0.717) is 6.42 Å². The summed E-state index contributed by atoms with van der Waals surface area (Å²) in [6, 6.07) is 3.60. The van der Waals surface area contributed by atoms with Crippen molar-refractivity contribution in [2.75, 3.05) is 39.8 Å². The molecular formula is C26H46N6O2. The zero-order valence-electron chi connectivity index (χ0n) is 21.0. The van der Waals surface area contributed by atoms with Gasteiger partial charge in [-0.1, -0.05) is 34.3 Å². The van der Waals surface area contributed by atoms with Gasteiger partial charge in [0.2, 0.25) is 12.3 Å². The molecule has 4 N–H and O–H groups in total. The lowest BCUT2D eigenvalue weighted by atomic mass is 9.78. The number of carbonyl (C=O) groups excluding carboxylic acids is 2. The SMILES string of the molecule is C.CC.CCNC.Cc1cc(CC(N)C(=O)N2CCC3(CCN(C=O)CC3)C2)cc2cn[nH]c12. The molecule has 3 heterocycles. The largest absolute Gasteiger partial charge is 0.345 e.